The van der Waals surface area contributed by atoms with Crippen LogP contribution in [-0.2, 0) is 9.59 Å². The number of piperidine rings is 1. The molecule has 22 heavy (non-hydrogen) atoms. The van der Waals surface area contributed by atoms with Crippen molar-refractivity contribution >= 4 is 17.9 Å². The van der Waals surface area contributed by atoms with Crippen LogP contribution in [0.25, 0.3) is 6.08 Å². The fourth-order valence-corrected chi connectivity index (χ4v) is 2.81. The fourth-order valence-electron chi connectivity index (χ4n) is 2.81. The number of benzene rings is 1. The van der Waals surface area contributed by atoms with Crippen LogP contribution in [0, 0.1) is 26.7 Å². The Morgan fingerprint density at radius 2 is 1.68 bits per heavy atom. The van der Waals surface area contributed by atoms with Crippen LogP contribution < -0.4 is 5.73 Å². The van der Waals surface area contributed by atoms with Crippen LogP contribution in [0.1, 0.15) is 35.1 Å². The first-order chi connectivity index (χ1) is 10.4. The predicted molar refractivity (Wildman–Crippen MR) is 88.2 cm³/mol. The Morgan fingerprint density at radius 3 is 2.27 bits per heavy atom. The van der Waals surface area contributed by atoms with E-state index in [1.165, 1.54) is 16.7 Å². The predicted octanol–water partition coefficient (Wildman–Crippen LogP) is 2.35. The molecule has 0 saturated carbocycles. The molecular weight excluding hydrogens is 276 g/mol. The first kappa shape index (κ1) is 16.3. The zero-order chi connectivity index (χ0) is 16.3. The van der Waals surface area contributed by atoms with E-state index in [-0.39, 0.29) is 17.7 Å². The second-order valence-electron chi connectivity index (χ2n) is 6.13. The van der Waals surface area contributed by atoms with Crippen molar-refractivity contribution in [3.63, 3.8) is 0 Å². The van der Waals surface area contributed by atoms with E-state index in [9.17, 15) is 9.59 Å². The maximum atomic E-state index is 12.2. The summed E-state index contributed by atoms with van der Waals surface area (Å²) in [7, 11) is 0. The van der Waals surface area contributed by atoms with E-state index in [0.29, 0.717) is 25.9 Å². The molecule has 2 N–H and O–H groups in total. The summed E-state index contributed by atoms with van der Waals surface area (Å²) in [5.74, 6) is -0.344. The van der Waals surface area contributed by atoms with Gasteiger partial charge in [-0.1, -0.05) is 12.1 Å². The lowest BCUT2D eigenvalue weighted by atomic mass is 9.96. The van der Waals surface area contributed by atoms with Gasteiger partial charge in [-0.25, -0.2) is 0 Å². The molecule has 1 saturated heterocycles. The van der Waals surface area contributed by atoms with Gasteiger partial charge < -0.3 is 10.6 Å². The van der Waals surface area contributed by atoms with Gasteiger partial charge in [0.05, 0.1) is 0 Å². The molecule has 118 valence electrons. The molecule has 1 aromatic rings. The average molecular weight is 300 g/mol. The smallest absolute Gasteiger partial charge is 0.246 e. The van der Waals surface area contributed by atoms with Gasteiger partial charge in [0.15, 0.2) is 0 Å². The highest BCUT2D eigenvalue weighted by atomic mass is 16.2. The van der Waals surface area contributed by atoms with Gasteiger partial charge in [-0.15, -0.1) is 0 Å². The van der Waals surface area contributed by atoms with Gasteiger partial charge in [0.25, 0.3) is 0 Å². The lowest BCUT2D eigenvalue weighted by Crippen LogP contribution is -2.41. The third kappa shape index (κ3) is 3.75. The second-order valence-corrected chi connectivity index (χ2v) is 6.13. The minimum absolute atomic E-state index is 0.000508. The number of rotatable bonds is 3. The Kier molecular flexibility index (Phi) is 5.01. The highest BCUT2D eigenvalue weighted by Crippen LogP contribution is 2.19. The average Bonchev–Trinajstić information content (AvgIpc) is 2.49. The number of amides is 2. The summed E-state index contributed by atoms with van der Waals surface area (Å²) < 4.78 is 0. The summed E-state index contributed by atoms with van der Waals surface area (Å²) in [6.07, 6.45) is 4.83. The normalized spacial score (nSPS) is 16.2. The van der Waals surface area contributed by atoms with Crippen LogP contribution in [-0.4, -0.2) is 29.8 Å². The number of nitrogens with zero attached hydrogens (tertiary/aromatic N) is 1. The number of hydrogen-bond donors (Lipinski definition) is 1. The molecular formula is C18H24N2O2. The van der Waals surface area contributed by atoms with Crippen molar-refractivity contribution in [2.75, 3.05) is 13.1 Å². The van der Waals surface area contributed by atoms with Crippen LogP contribution in [0.5, 0.6) is 0 Å². The summed E-state index contributed by atoms with van der Waals surface area (Å²) >= 11 is 0. The van der Waals surface area contributed by atoms with E-state index in [1.54, 1.807) is 11.0 Å². The van der Waals surface area contributed by atoms with E-state index >= 15 is 0 Å². The van der Waals surface area contributed by atoms with Crippen LogP contribution in [0.4, 0.5) is 0 Å². The van der Waals surface area contributed by atoms with Gasteiger partial charge in [0.2, 0.25) is 11.8 Å². The van der Waals surface area contributed by atoms with Crippen molar-refractivity contribution in [1.29, 1.82) is 0 Å². The number of primary amides is 1. The summed E-state index contributed by atoms with van der Waals surface area (Å²) in [6.45, 7) is 7.41. The minimum Gasteiger partial charge on any atom is -0.369 e. The number of carbonyl (C=O) groups excluding carboxylic acids is 2. The van der Waals surface area contributed by atoms with Crippen molar-refractivity contribution in [3.05, 3.63) is 40.5 Å². The van der Waals surface area contributed by atoms with Crippen molar-refractivity contribution in [3.8, 4) is 0 Å². The molecule has 1 fully saturated rings. The van der Waals surface area contributed by atoms with Gasteiger partial charge in [-0.05, 0) is 61.9 Å². The summed E-state index contributed by atoms with van der Waals surface area (Å²) in [6, 6.07) is 4.24. The lowest BCUT2D eigenvalue weighted by Gasteiger charge is -2.29. The van der Waals surface area contributed by atoms with Gasteiger partial charge >= 0.3 is 0 Å². The number of nitrogens with two attached hydrogens (primary N) is 1. The third-order valence-corrected chi connectivity index (χ3v) is 4.50. The molecule has 1 aliphatic rings. The molecule has 0 unspecified atom stereocenters. The zero-order valence-corrected chi connectivity index (χ0v) is 13.6. The largest absolute Gasteiger partial charge is 0.369 e. The first-order valence-electron chi connectivity index (χ1n) is 7.72. The molecule has 4 heteroatoms. The Bertz CT molecular complexity index is 612. The fraction of sp³-hybridized carbons (Fsp3) is 0.444. The van der Waals surface area contributed by atoms with Crippen LogP contribution in [0.15, 0.2) is 18.2 Å². The number of hydrogen-bond acceptors (Lipinski definition) is 2. The maximum Gasteiger partial charge on any atom is 0.246 e. The molecule has 1 heterocycles. The first-order valence-corrected chi connectivity index (χ1v) is 7.72. The molecule has 2 amide bonds. The SMILES string of the molecule is Cc1cc(C)c(C=CC(=O)N2CCC(C(N)=O)CC2)cc1C. The molecule has 1 aliphatic heterocycles. The summed E-state index contributed by atoms with van der Waals surface area (Å²) in [5, 5.41) is 0. The van der Waals surface area contributed by atoms with Crippen LogP contribution in [0.2, 0.25) is 0 Å². The standard InChI is InChI=1S/C18H24N2O2/c1-12-10-14(3)16(11-13(12)2)4-5-17(21)20-8-6-15(7-9-20)18(19)22/h4-5,10-11,15H,6-9H2,1-3H3,(H2,19,22). The van der Waals surface area contributed by atoms with Gasteiger partial charge in [-0.3, -0.25) is 9.59 Å². The second kappa shape index (κ2) is 6.77. The van der Waals surface area contributed by atoms with E-state index in [4.69, 9.17) is 5.73 Å². The topological polar surface area (TPSA) is 63.4 Å². The van der Waals surface area contributed by atoms with Crippen LogP contribution >= 0.6 is 0 Å². The van der Waals surface area contributed by atoms with Crippen molar-refractivity contribution < 1.29 is 9.59 Å². The monoisotopic (exact) mass is 300 g/mol. The van der Waals surface area contributed by atoms with Crippen molar-refractivity contribution in [1.82, 2.24) is 4.90 Å². The van der Waals surface area contributed by atoms with Gasteiger partial charge in [-0.2, -0.15) is 0 Å². The molecule has 0 radical (unpaired) electrons. The quantitative estimate of drug-likeness (QED) is 0.871. The van der Waals surface area contributed by atoms with Crippen molar-refractivity contribution in [2.24, 2.45) is 11.7 Å². The minimum atomic E-state index is -0.256. The molecule has 4 nitrogen and oxygen atoms in total. The number of carbonyl (C=O) groups is 2. The molecule has 1 aromatic carbocycles. The van der Waals surface area contributed by atoms with E-state index in [2.05, 4.69) is 32.9 Å². The molecule has 0 aliphatic carbocycles. The maximum absolute atomic E-state index is 12.2. The Labute approximate surface area is 132 Å². The highest BCUT2D eigenvalue weighted by molar-refractivity contribution is 5.92. The molecule has 0 spiro atoms. The lowest BCUT2D eigenvalue weighted by molar-refractivity contribution is -0.130. The molecule has 0 aromatic heterocycles. The number of aryl methyl sites for hydroxylation is 3. The van der Waals surface area contributed by atoms with Crippen LogP contribution in [0.3, 0.4) is 0 Å². The highest BCUT2D eigenvalue weighted by Gasteiger charge is 2.24. The molecule has 0 atom stereocenters. The Balaban J connectivity index is 2.01. The summed E-state index contributed by atoms with van der Waals surface area (Å²) in [4.78, 5) is 25.2. The van der Waals surface area contributed by atoms with E-state index in [0.717, 1.165) is 5.56 Å². The van der Waals surface area contributed by atoms with Gasteiger partial charge in [0, 0.05) is 25.1 Å². The number of likely N-dealkylation sites (tertiary alicyclic amines) is 1. The molecule has 2 rings (SSSR count). The van der Waals surface area contributed by atoms with Gasteiger partial charge in [0.1, 0.15) is 0 Å². The van der Waals surface area contributed by atoms with E-state index < -0.39 is 0 Å². The Hall–Kier alpha value is -2.10. The third-order valence-electron chi connectivity index (χ3n) is 4.50. The van der Waals surface area contributed by atoms with E-state index in [1.807, 2.05) is 6.08 Å². The Morgan fingerprint density at radius 1 is 1.09 bits per heavy atom. The zero-order valence-electron chi connectivity index (χ0n) is 13.6. The van der Waals surface area contributed by atoms with Crippen molar-refractivity contribution in [2.45, 2.75) is 33.6 Å². The molecule has 0 bridgehead atoms. The summed E-state index contributed by atoms with van der Waals surface area (Å²) in [5.41, 5.74) is 10.0.